The van der Waals surface area contributed by atoms with Crippen LogP contribution in [0, 0.1) is 0 Å². The summed E-state index contributed by atoms with van der Waals surface area (Å²) in [4.78, 5) is 0. The van der Waals surface area contributed by atoms with Crippen LogP contribution in [0.15, 0.2) is 0 Å². The van der Waals surface area contributed by atoms with Crippen molar-refractivity contribution in [1.82, 2.24) is 0 Å². The molecule has 0 aliphatic carbocycles. The Labute approximate surface area is 81.2 Å². The second kappa shape index (κ2) is 4.54. The Bertz CT molecular complexity index is 198. The van der Waals surface area contributed by atoms with Gasteiger partial charge >= 0.3 is 12.3 Å². The van der Waals surface area contributed by atoms with E-state index in [0.717, 1.165) is 6.92 Å². The van der Waals surface area contributed by atoms with Crippen molar-refractivity contribution < 1.29 is 35.5 Å². The predicted octanol–water partition coefficient (Wildman–Crippen LogP) is 3.59. The van der Waals surface area contributed by atoms with Crippen LogP contribution in [-0.2, 0) is 4.74 Å². The van der Waals surface area contributed by atoms with E-state index >= 15 is 0 Å². The van der Waals surface area contributed by atoms with Gasteiger partial charge in [0.05, 0.1) is 0 Å². The molecule has 0 spiro atoms. The van der Waals surface area contributed by atoms with Crippen molar-refractivity contribution in [3.8, 4) is 0 Å². The number of hydrogen-bond donors (Lipinski definition) is 0. The molecule has 0 rings (SSSR count). The highest BCUT2D eigenvalue weighted by Crippen LogP contribution is 2.33. The summed E-state index contributed by atoms with van der Waals surface area (Å²) in [5.41, 5.74) is 0. The molecule has 92 valence electrons. The van der Waals surface area contributed by atoms with Gasteiger partial charge in [-0.1, -0.05) is 6.92 Å². The maximum absolute atomic E-state index is 12.4. The number of ether oxygens (including phenoxy) is 1. The van der Waals surface area contributed by atoms with Gasteiger partial charge in [-0.2, -0.15) is 22.0 Å². The van der Waals surface area contributed by atoms with Crippen molar-refractivity contribution in [1.29, 1.82) is 0 Å². The van der Waals surface area contributed by atoms with E-state index in [0.29, 0.717) is 0 Å². The number of halogens is 7. The molecule has 0 saturated carbocycles. The van der Waals surface area contributed by atoms with E-state index in [1.165, 1.54) is 0 Å². The average Bonchev–Trinajstić information content (AvgIpc) is 1.97. The zero-order valence-corrected chi connectivity index (χ0v) is 7.68. The van der Waals surface area contributed by atoms with Gasteiger partial charge in [0.2, 0.25) is 0 Å². The average molecular weight is 242 g/mol. The lowest BCUT2D eigenvalue weighted by molar-refractivity contribution is -0.308. The third kappa shape index (κ3) is 7.40. The molecule has 0 aromatic heterocycles. The Morgan fingerprint density at radius 2 is 1.40 bits per heavy atom. The number of alkyl halides is 7. The quantitative estimate of drug-likeness (QED) is 0.669. The largest absolute Gasteiger partial charge is 0.397 e. The van der Waals surface area contributed by atoms with E-state index in [1.54, 1.807) is 0 Å². The fourth-order valence-electron chi connectivity index (χ4n) is 0.598. The van der Waals surface area contributed by atoms with Crippen molar-refractivity contribution in [2.24, 2.45) is 0 Å². The zero-order chi connectivity index (χ0) is 12.3. The lowest BCUT2D eigenvalue weighted by Crippen LogP contribution is -2.34. The van der Waals surface area contributed by atoms with E-state index in [4.69, 9.17) is 0 Å². The van der Waals surface area contributed by atoms with Crippen LogP contribution in [0.3, 0.4) is 0 Å². The van der Waals surface area contributed by atoms with Gasteiger partial charge in [-0.15, -0.1) is 0 Å². The topological polar surface area (TPSA) is 9.23 Å². The molecule has 0 radical (unpaired) electrons. The van der Waals surface area contributed by atoms with Crippen molar-refractivity contribution >= 4 is 0 Å². The molecule has 1 nitrogen and oxygen atoms in total. The number of rotatable bonds is 5. The minimum atomic E-state index is -5.16. The minimum Gasteiger partial charge on any atom is -0.314 e. The zero-order valence-electron chi connectivity index (χ0n) is 7.68. The number of hydrogen-bond acceptors (Lipinski definition) is 1. The molecule has 0 aromatic rings. The Morgan fingerprint density at radius 3 is 1.73 bits per heavy atom. The monoisotopic (exact) mass is 242 g/mol. The smallest absolute Gasteiger partial charge is 0.314 e. The fraction of sp³-hybridized carbons (Fsp3) is 1.00. The van der Waals surface area contributed by atoms with E-state index in [-0.39, 0.29) is 0 Å². The van der Waals surface area contributed by atoms with Crippen molar-refractivity contribution in [3.05, 3.63) is 0 Å². The van der Waals surface area contributed by atoms with Gasteiger partial charge < -0.3 is 4.74 Å². The molecule has 0 saturated heterocycles. The predicted molar refractivity (Wildman–Crippen MR) is 36.8 cm³/mol. The highest BCUT2D eigenvalue weighted by atomic mass is 19.4. The minimum absolute atomic E-state index is 0.783. The van der Waals surface area contributed by atoms with Crippen LogP contribution < -0.4 is 0 Å². The summed E-state index contributed by atoms with van der Waals surface area (Å²) in [7, 11) is 0. The van der Waals surface area contributed by atoms with Gasteiger partial charge in [0.1, 0.15) is 13.0 Å². The van der Waals surface area contributed by atoms with Crippen LogP contribution in [0.1, 0.15) is 19.8 Å². The van der Waals surface area contributed by atoms with E-state index in [9.17, 15) is 30.7 Å². The van der Waals surface area contributed by atoms with Gasteiger partial charge in [-0.3, -0.25) is 0 Å². The van der Waals surface area contributed by atoms with Crippen LogP contribution in [0.4, 0.5) is 30.7 Å². The molecule has 0 aliphatic heterocycles. The lowest BCUT2D eigenvalue weighted by Gasteiger charge is -2.21. The van der Waals surface area contributed by atoms with Crippen LogP contribution in [0.25, 0.3) is 0 Å². The molecule has 15 heavy (non-hydrogen) atoms. The molecule has 0 unspecified atom stereocenters. The summed E-state index contributed by atoms with van der Waals surface area (Å²) in [6.07, 6.45) is -13.1. The van der Waals surface area contributed by atoms with Gasteiger partial charge in [-0.05, 0) is 0 Å². The molecule has 0 N–H and O–H groups in total. The Hall–Kier alpha value is -0.530. The Balaban J connectivity index is 4.16. The second-order valence-corrected chi connectivity index (χ2v) is 2.93. The highest BCUT2D eigenvalue weighted by molar-refractivity contribution is 4.66. The maximum Gasteiger partial charge on any atom is 0.397 e. The van der Waals surface area contributed by atoms with Crippen LogP contribution >= 0.6 is 0 Å². The summed E-state index contributed by atoms with van der Waals surface area (Å²) in [5.74, 6) is -3.55. The second-order valence-electron chi connectivity index (χ2n) is 2.93. The van der Waals surface area contributed by atoms with Gasteiger partial charge in [0.25, 0.3) is 5.92 Å². The fourth-order valence-corrected chi connectivity index (χ4v) is 0.598. The maximum atomic E-state index is 12.4. The van der Waals surface area contributed by atoms with Crippen LogP contribution in [0.2, 0.25) is 0 Å². The molecule has 0 atom stereocenters. The van der Waals surface area contributed by atoms with Crippen molar-refractivity contribution in [2.45, 2.75) is 38.0 Å². The van der Waals surface area contributed by atoms with Gasteiger partial charge in [-0.25, -0.2) is 8.78 Å². The third-order valence-electron chi connectivity index (χ3n) is 1.42. The standard InChI is InChI=1S/C7H9F7O/c1-2-5(8,9)4-15-7(13,14)3-6(10,11)12/h2-4H2,1H3. The normalized spacial score (nSPS) is 14.4. The first kappa shape index (κ1) is 14.5. The summed E-state index contributed by atoms with van der Waals surface area (Å²) in [6, 6.07) is 0. The van der Waals surface area contributed by atoms with Crippen LogP contribution in [0.5, 0.6) is 0 Å². The van der Waals surface area contributed by atoms with Crippen molar-refractivity contribution in [3.63, 3.8) is 0 Å². The molecule has 0 heterocycles. The molecular weight excluding hydrogens is 233 g/mol. The molecule has 0 bridgehead atoms. The first-order valence-electron chi connectivity index (χ1n) is 3.94. The third-order valence-corrected chi connectivity index (χ3v) is 1.42. The lowest BCUT2D eigenvalue weighted by atomic mass is 10.3. The highest BCUT2D eigenvalue weighted by Gasteiger charge is 2.46. The van der Waals surface area contributed by atoms with E-state index in [2.05, 4.69) is 4.74 Å². The molecule has 0 fully saturated rings. The molecular formula is C7H9F7O. The van der Waals surface area contributed by atoms with Crippen LogP contribution in [-0.4, -0.2) is 24.8 Å². The van der Waals surface area contributed by atoms with E-state index in [1.807, 2.05) is 0 Å². The van der Waals surface area contributed by atoms with Crippen molar-refractivity contribution in [2.75, 3.05) is 6.61 Å². The summed E-state index contributed by atoms with van der Waals surface area (Å²) >= 11 is 0. The van der Waals surface area contributed by atoms with Gasteiger partial charge in [0, 0.05) is 6.42 Å². The van der Waals surface area contributed by atoms with Gasteiger partial charge in [0.15, 0.2) is 0 Å². The molecule has 0 amide bonds. The Kier molecular flexibility index (Phi) is 4.38. The molecule has 0 aliphatic rings. The first-order valence-corrected chi connectivity index (χ1v) is 3.94. The molecule has 8 heteroatoms. The SMILES string of the molecule is CCC(F)(F)COC(F)(F)CC(F)(F)F. The molecule has 0 aromatic carbocycles. The Morgan fingerprint density at radius 1 is 0.933 bits per heavy atom. The summed E-state index contributed by atoms with van der Waals surface area (Å²) in [6.45, 7) is -0.724. The first-order chi connectivity index (χ1) is 6.47. The summed E-state index contributed by atoms with van der Waals surface area (Å²) < 4.78 is 87.1. The van der Waals surface area contributed by atoms with E-state index < -0.39 is 37.7 Å². The summed E-state index contributed by atoms with van der Waals surface area (Å²) in [5, 5.41) is 0.